The van der Waals surface area contributed by atoms with Crippen molar-refractivity contribution in [1.29, 1.82) is 0 Å². The molecule has 2 heterocycles. The predicted molar refractivity (Wildman–Crippen MR) is 154 cm³/mol. The Kier molecular flexibility index (Phi) is 9.26. The molecule has 1 spiro atoms. The molecule has 1 aromatic rings. The number of rotatable bonds is 6. The van der Waals surface area contributed by atoms with Gasteiger partial charge in [0.2, 0.25) is 5.88 Å². The van der Waals surface area contributed by atoms with Crippen LogP contribution < -0.4 is 21.2 Å². The first-order valence-electron chi connectivity index (χ1n) is 14.5. The number of amides is 1. The molecular weight excluding hydrogens is 524 g/mol. The molecule has 11 nitrogen and oxygen atoms in total. The second-order valence-electron chi connectivity index (χ2n) is 12.2. The first-order chi connectivity index (χ1) is 19.4. The van der Waals surface area contributed by atoms with Crippen LogP contribution in [0.2, 0.25) is 0 Å². The molecule has 2 saturated carbocycles. The SMILES string of the molecule is CN1CCC[C@H]1COc1cc(/C(N)=C/C=[NH+]/C(=O)OC(C)(C)C)nc(/C(N)=C2\CCC[C@@]3(CCCCC3=O)C2=O)n1. The maximum absolute atomic E-state index is 13.7. The van der Waals surface area contributed by atoms with Gasteiger partial charge in [0.1, 0.15) is 18.0 Å². The standard InChI is InChI=1S/C30H42N6O5/c1-29(2,3)41-28(39)33-15-12-21(31)22-17-24(40-18-19-9-8-16-36(19)4)35-27(34-22)25(32)20-10-7-14-30(26(20)38)13-6-5-11-23(30)37/h12,15,17,19H,5-11,13-14,16,18,31-32H2,1-4H3/p+1/b21-12-,25-20-,33-15+/t19-,30+/m0/s1. The van der Waals surface area contributed by atoms with E-state index in [1.54, 1.807) is 26.8 Å². The maximum atomic E-state index is 13.7. The van der Waals surface area contributed by atoms with Crippen molar-refractivity contribution in [1.82, 2.24) is 14.9 Å². The summed E-state index contributed by atoms with van der Waals surface area (Å²) in [5, 5.41) is 0. The molecular formula is C30H43N6O5+. The number of likely N-dealkylation sites (N-methyl/N-ethyl adjacent to an activating group) is 1. The van der Waals surface area contributed by atoms with Crippen LogP contribution in [-0.2, 0) is 14.3 Å². The molecule has 0 bridgehead atoms. The van der Waals surface area contributed by atoms with E-state index in [-0.39, 0.29) is 40.7 Å². The van der Waals surface area contributed by atoms with Crippen LogP contribution in [0.1, 0.15) is 90.1 Å². The largest absolute Gasteiger partial charge is 0.595 e. The van der Waals surface area contributed by atoms with Gasteiger partial charge >= 0.3 is 6.09 Å². The van der Waals surface area contributed by atoms with Crippen LogP contribution in [0.3, 0.4) is 0 Å². The number of ether oxygens (including phenoxy) is 2. The molecule has 1 aliphatic heterocycles. The van der Waals surface area contributed by atoms with E-state index in [0.29, 0.717) is 50.0 Å². The molecule has 1 amide bonds. The Bertz CT molecular complexity index is 1280. The molecule has 5 N–H and O–H groups in total. The number of likely N-dealkylation sites (tertiary alicyclic amines) is 1. The van der Waals surface area contributed by atoms with Crippen molar-refractivity contribution >= 4 is 35.3 Å². The van der Waals surface area contributed by atoms with Crippen molar-refractivity contribution in [2.45, 2.75) is 90.2 Å². The van der Waals surface area contributed by atoms with Gasteiger partial charge in [-0.25, -0.2) is 4.98 Å². The molecule has 0 aromatic carbocycles. The van der Waals surface area contributed by atoms with Crippen molar-refractivity contribution in [2.24, 2.45) is 16.9 Å². The number of carbonyl (C=O) groups is 3. The Morgan fingerprint density at radius 3 is 2.59 bits per heavy atom. The van der Waals surface area contributed by atoms with Gasteiger partial charge in [0.25, 0.3) is 0 Å². The Balaban J connectivity index is 1.66. The highest BCUT2D eigenvalue weighted by Gasteiger charge is 2.49. The Morgan fingerprint density at radius 2 is 1.90 bits per heavy atom. The Morgan fingerprint density at radius 1 is 1.15 bits per heavy atom. The monoisotopic (exact) mass is 567 g/mol. The van der Waals surface area contributed by atoms with Crippen molar-refractivity contribution < 1.29 is 28.8 Å². The molecule has 4 rings (SSSR count). The lowest BCUT2D eigenvalue weighted by molar-refractivity contribution is -0.368. The minimum absolute atomic E-state index is 0.0123. The number of nitrogens with zero attached hydrogens (tertiary/aromatic N) is 3. The summed E-state index contributed by atoms with van der Waals surface area (Å²) in [5.41, 5.74) is 12.4. The third kappa shape index (κ3) is 7.19. The van der Waals surface area contributed by atoms with Crippen LogP contribution in [0.4, 0.5) is 4.79 Å². The summed E-state index contributed by atoms with van der Waals surface area (Å²) in [4.78, 5) is 52.6. The van der Waals surface area contributed by atoms with E-state index in [1.807, 2.05) is 0 Å². The lowest BCUT2D eigenvalue weighted by Gasteiger charge is -2.38. The highest BCUT2D eigenvalue weighted by molar-refractivity contribution is 6.17. The number of nitrogens with two attached hydrogens (primary N) is 2. The smallest absolute Gasteiger partial charge is 0.476 e. The average Bonchev–Trinajstić information content (AvgIpc) is 3.33. The first-order valence-corrected chi connectivity index (χ1v) is 14.5. The van der Waals surface area contributed by atoms with Crippen molar-refractivity contribution in [3.05, 3.63) is 29.2 Å². The van der Waals surface area contributed by atoms with Gasteiger partial charge in [0, 0.05) is 30.2 Å². The molecule has 11 heteroatoms. The van der Waals surface area contributed by atoms with Gasteiger partial charge in [-0.1, -0.05) is 6.42 Å². The third-order valence-corrected chi connectivity index (χ3v) is 8.05. The lowest BCUT2D eigenvalue weighted by Crippen LogP contribution is -2.74. The van der Waals surface area contributed by atoms with Crippen LogP contribution in [0.15, 0.2) is 17.7 Å². The van der Waals surface area contributed by atoms with Gasteiger partial charge in [-0.2, -0.15) is 9.78 Å². The quantitative estimate of drug-likeness (QED) is 0.263. The van der Waals surface area contributed by atoms with Crippen LogP contribution in [0, 0.1) is 5.41 Å². The molecule has 3 aliphatic rings. The topological polar surface area (TPSA) is 165 Å². The summed E-state index contributed by atoms with van der Waals surface area (Å²) < 4.78 is 11.3. The van der Waals surface area contributed by atoms with Crippen molar-refractivity contribution in [3.63, 3.8) is 0 Å². The summed E-state index contributed by atoms with van der Waals surface area (Å²) in [6, 6.07) is 1.86. The molecule has 41 heavy (non-hydrogen) atoms. The second kappa shape index (κ2) is 12.5. The van der Waals surface area contributed by atoms with Gasteiger partial charge in [0.05, 0.1) is 22.5 Å². The third-order valence-electron chi connectivity index (χ3n) is 8.05. The summed E-state index contributed by atoms with van der Waals surface area (Å²) in [6.07, 6.45) is 8.69. The molecule has 0 unspecified atom stereocenters. The van der Waals surface area contributed by atoms with Gasteiger partial charge < -0.3 is 25.8 Å². The number of Topliss-reactive ketones (excluding diaryl/α,β-unsaturated/α-hetero) is 2. The van der Waals surface area contributed by atoms with E-state index in [9.17, 15) is 14.4 Å². The number of nitrogens with one attached hydrogen (secondary N) is 1. The van der Waals surface area contributed by atoms with Crippen LogP contribution >= 0.6 is 0 Å². The Labute approximate surface area is 241 Å². The predicted octanol–water partition coefficient (Wildman–Crippen LogP) is 1.89. The van der Waals surface area contributed by atoms with E-state index in [2.05, 4.69) is 26.9 Å². The fourth-order valence-corrected chi connectivity index (χ4v) is 5.80. The minimum Gasteiger partial charge on any atom is -0.476 e. The number of aromatic nitrogens is 2. The van der Waals surface area contributed by atoms with Gasteiger partial charge in [-0.05, 0) is 79.3 Å². The van der Waals surface area contributed by atoms with Gasteiger partial charge in [0.15, 0.2) is 17.8 Å². The number of hydrogen-bond acceptors (Lipinski definition) is 10. The van der Waals surface area contributed by atoms with Gasteiger partial charge in [-0.15, -0.1) is 4.99 Å². The van der Waals surface area contributed by atoms with E-state index < -0.39 is 17.1 Å². The zero-order chi connectivity index (χ0) is 29.8. The fraction of sp³-hybridized carbons (Fsp3) is 0.600. The number of allylic oxidation sites excluding steroid dienone is 2. The molecule has 0 radical (unpaired) electrons. The summed E-state index contributed by atoms with van der Waals surface area (Å²) in [5.74, 6) is 0.209. The molecule has 2 atom stereocenters. The summed E-state index contributed by atoms with van der Waals surface area (Å²) >= 11 is 0. The van der Waals surface area contributed by atoms with E-state index in [4.69, 9.17) is 20.9 Å². The average molecular weight is 568 g/mol. The highest BCUT2D eigenvalue weighted by atomic mass is 16.6. The number of ketones is 2. The Hall–Kier alpha value is -3.60. The zero-order valence-electron chi connectivity index (χ0n) is 24.6. The van der Waals surface area contributed by atoms with Gasteiger partial charge in [-0.3, -0.25) is 9.59 Å². The molecule has 1 aromatic heterocycles. The first kappa shape index (κ1) is 30.4. The summed E-state index contributed by atoms with van der Waals surface area (Å²) in [6.45, 7) is 6.74. The van der Waals surface area contributed by atoms with E-state index in [1.165, 1.54) is 12.3 Å². The lowest BCUT2D eigenvalue weighted by atomic mass is 9.62. The maximum Gasteiger partial charge on any atom is 0.595 e. The normalized spacial score (nSPS) is 25.7. The zero-order valence-corrected chi connectivity index (χ0v) is 24.6. The highest BCUT2D eigenvalue weighted by Crippen LogP contribution is 2.45. The molecule has 222 valence electrons. The number of carbonyl (C=O) groups excluding carboxylic acids is 3. The van der Waals surface area contributed by atoms with Crippen molar-refractivity contribution in [3.8, 4) is 5.88 Å². The fourth-order valence-electron chi connectivity index (χ4n) is 5.80. The second-order valence-corrected chi connectivity index (χ2v) is 12.2. The molecule has 1 saturated heterocycles. The molecule has 3 fully saturated rings. The number of hydrogen-bond donors (Lipinski definition) is 3. The summed E-state index contributed by atoms with van der Waals surface area (Å²) in [7, 11) is 2.06. The van der Waals surface area contributed by atoms with E-state index in [0.717, 1.165) is 32.2 Å². The van der Waals surface area contributed by atoms with E-state index >= 15 is 0 Å². The van der Waals surface area contributed by atoms with Crippen molar-refractivity contribution in [2.75, 3.05) is 20.2 Å². The molecule has 2 aliphatic carbocycles. The van der Waals surface area contributed by atoms with Crippen LogP contribution in [0.25, 0.3) is 11.4 Å². The minimum atomic E-state index is -0.984. The van der Waals surface area contributed by atoms with Crippen LogP contribution in [0.5, 0.6) is 5.88 Å². The van der Waals surface area contributed by atoms with Crippen LogP contribution in [-0.4, -0.2) is 70.6 Å².